The molecule has 16 heavy (non-hydrogen) atoms. The van der Waals surface area contributed by atoms with Crippen molar-refractivity contribution < 1.29 is 39.6 Å². The number of aliphatic carboxylic acids is 4. The Balaban J connectivity index is -0.0000000250. The summed E-state index contributed by atoms with van der Waals surface area (Å²) in [6.45, 7) is 0. The van der Waals surface area contributed by atoms with Crippen molar-refractivity contribution in [3.05, 3.63) is 0 Å². The molecule has 0 aliphatic rings. The van der Waals surface area contributed by atoms with Crippen LogP contribution in [0, 0.1) is 0 Å². The van der Waals surface area contributed by atoms with Crippen LogP contribution in [0.15, 0.2) is 0 Å². The third kappa shape index (κ3) is 36.0. The molecular weight excluding hydrogens is 319 g/mol. The first kappa shape index (κ1) is 36.5. The van der Waals surface area contributed by atoms with E-state index >= 15 is 0 Å². The van der Waals surface area contributed by atoms with Gasteiger partial charge >= 0.3 is 187 Å². The number of carboxylic acids is 4. The van der Waals surface area contributed by atoms with Crippen molar-refractivity contribution in [1.82, 2.24) is 0 Å². The average molecular weight is 329 g/mol. The number of carbonyl (C=O) groups is 4. The molecule has 0 aliphatic heterocycles. The molecule has 0 heterocycles. The van der Waals surface area contributed by atoms with Gasteiger partial charge in [-0.25, -0.2) is 19.2 Å². The Morgan fingerprint density at radius 3 is 0.625 bits per heavy atom. The van der Waals surface area contributed by atoms with Crippen LogP contribution >= 0.6 is 0 Å². The van der Waals surface area contributed by atoms with Crippen LogP contribution in [-0.2, 0) is 19.2 Å². The Kier molecular flexibility index (Phi) is 53.1. The van der Waals surface area contributed by atoms with Crippen molar-refractivity contribution >= 4 is 187 Å². The zero-order chi connectivity index (χ0) is 10.3. The summed E-state index contributed by atoms with van der Waals surface area (Å²) in [4.78, 5) is 36.4. The summed E-state index contributed by atoms with van der Waals surface area (Å²) in [6, 6.07) is 0. The molecular formula is C4H10CaK2MgO8. The molecule has 0 saturated heterocycles. The number of hydrogen-bond donors (Lipinski definition) is 4. The summed E-state index contributed by atoms with van der Waals surface area (Å²) in [5.74, 6) is -7.30. The topological polar surface area (TPSA) is 149 Å². The van der Waals surface area contributed by atoms with E-state index in [2.05, 4.69) is 0 Å². The van der Waals surface area contributed by atoms with E-state index in [0.717, 1.165) is 0 Å². The standard InChI is InChI=1S/2C2H2O4.Ca.2K.Mg.6H/c2*3-1(4)2(5)6;;;;;;;;;;/h2*(H,3,4)(H,5,6);;;;;;;;;;. The van der Waals surface area contributed by atoms with Gasteiger partial charge in [0.25, 0.3) is 0 Å². The largest absolute Gasteiger partial charge is 0.316 e. The normalized spacial score (nSPS) is 5.50. The van der Waals surface area contributed by atoms with Crippen molar-refractivity contribution in [2.45, 2.75) is 0 Å². The first-order valence-corrected chi connectivity index (χ1v) is 2.21. The summed E-state index contributed by atoms with van der Waals surface area (Å²) in [6.07, 6.45) is 0. The third-order valence-electron chi connectivity index (χ3n) is 0.366. The average Bonchev–Trinajstić information content (AvgIpc) is 1.88. The van der Waals surface area contributed by atoms with E-state index in [9.17, 15) is 0 Å². The molecule has 0 spiro atoms. The maximum absolute atomic E-state index is 9.10. The van der Waals surface area contributed by atoms with Crippen LogP contribution in [0.5, 0.6) is 0 Å². The molecule has 0 fully saturated rings. The van der Waals surface area contributed by atoms with E-state index in [0.29, 0.717) is 0 Å². The Bertz CT molecular complexity index is 186. The first-order chi connectivity index (χ1) is 5.29. The Morgan fingerprint density at radius 1 is 0.562 bits per heavy atom. The quantitative estimate of drug-likeness (QED) is 0.255. The van der Waals surface area contributed by atoms with Crippen LogP contribution in [0.3, 0.4) is 0 Å². The van der Waals surface area contributed by atoms with Crippen LogP contribution in [0.25, 0.3) is 0 Å². The third-order valence-corrected chi connectivity index (χ3v) is 0.366. The van der Waals surface area contributed by atoms with Crippen LogP contribution in [0.1, 0.15) is 0 Å². The van der Waals surface area contributed by atoms with Gasteiger partial charge in [-0.05, 0) is 0 Å². The van der Waals surface area contributed by atoms with Crippen LogP contribution in [-0.4, -0.2) is 208 Å². The molecule has 4 N–H and O–H groups in total. The van der Waals surface area contributed by atoms with Gasteiger partial charge < -0.3 is 20.4 Å². The summed E-state index contributed by atoms with van der Waals surface area (Å²) < 4.78 is 0. The van der Waals surface area contributed by atoms with Crippen LogP contribution in [0.2, 0.25) is 0 Å². The molecule has 0 aromatic rings. The fourth-order valence-electron chi connectivity index (χ4n) is 0. The van der Waals surface area contributed by atoms with Gasteiger partial charge in [0.1, 0.15) is 0 Å². The molecule has 0 unspecified atom stereocenters. The predicted molar refractivity (Wildman–Crippen MR) is 61.9 cm³/mol. The minimum absolute atomic E-state index is 0. The fraction of sp³-hybridized carbons (Fsp3) is 0. The van der Waals surface area contributed by atoms with Gasteiger partial charge in [0, 0.05) is 0 Å². The summed E-state index contributed by atoms with van der Waals surface area (Å²) in [7, 11) is 0. The van der Waals surface area contributed by atoms with E-state index in [1.165, 1.54) is 0 Å². The molecule has 80 valence electrons. The zero-order valence-electron chi connectivity index (χ0n) is 5.42. The monoisotopic (exact) mass is 328 g/mol. The van der Waals surface area contributed by atoms with Crippen LogP contribution in [0.4, 0.5) is 0 Å². The van der Waals surface area contributed by atoms with Gasteiger partial charge in [0.2, 0.25) is 0 Å². The molecule has 0 bridgehead atoms. The van der Waals surface area contributed by atoms with Crippen molar-refractivity contribution in [3.8, 4) is 0 Å². The summed E-state index contributed by atoms with van der Waals surface area (Å²) in [5, 5.41) is 29.6. The van der Waals surface area contributed by atoms with Gasteiger partial charge in [-0.3, -0.25) is 0 Å². The maximum atomic E-state index is 9.10. The molecule has 0 radical (unpaired) electrons. The first-order valence-electron chi connectivity index (χ1n) is 2.21. The Morgan fingerprint density at radius 2 is 0.625 bits per heavy atom. The van der Waals surface area contributed by atoms with Gasteiger partial charge in [0.15, 0.2) is 0 Å². The summed E-state index contributed by atoms with van der Waals surface area (Å²) in [5.41, 5.74) is 0. The molecule has 8 nitrogen and oxygen atoms in total. The zero-order valence-corrected chi connectivity index (χ0v) is 5.42. The van der Waals surface area contributed by atoms with Gasteiger partial charge in [-0.15, -0.1) is 0 Å². The molecule has 12 heteroatoms. The van der Waals surface area contributed by atoms with E-state index in [4.69, 9.17) is 39.6 Å². The molecule has 0 aromatic heterocycles. The predicted octanol–water partition coefficient (Wildman–Crippen LogP) is -4.82. The van der Waals surface area contributed by atoms with E-state index < -0.39 is 23.9 Å². The fourth-order valence-corrected chi connectivity index (χ4v) is 0. The van der Waals surface area contributed by atoms with Crippen molar-refractivity contribution in [2.75, 3.05) is 0 Å². The minimum atomic E-state index is -1.82. The second-order valence-electron chi connectivity index (χ2n) is 1.22. The Labute approximate surface area is 221 Å². The molecule has 0 rings (SSSR count). The van der Waals surface area contributed by atoms with E-state index in [1.807, 2.05) is 0 Å². The summed E-state index contributed by atoms with van der Waals surface area (Å²) >= 11 is 0. The Hall–Kier alpha value is 3.18. The minimum Gasteiger partial charge on any atom is 0.316 e. The number of rotatable bonds is 0. The number of carboxylic acid groups (broad SMARTS) is 4. The molecule has 0 atom stereocenters. The second kappa shape index (κ2) is 23.3. The molecule has 0 saturated carbocycles. The SMILES string of the molecule is O=C(O)C(=O)O.O=C(O)C(=O)O.[CaH2].[KH].[KH].[MgH2]. The smallest absolute Gasteiger partial charge is 0.316 e. The molecule has 0 aliphatic carbocycles. The van der Waals surface area contributed by atoms with Gasteiger partial charge in [-0.1, -0.05) is 0 Å². The van der Waals surface area contributed by atoms with Gasteiger partial charge in [-0.2, -0.15) is 0 Å². The second-order valence-corrected chi connectivity index (χ2v) is 1.22. The molecule has 0 amide bonds. The van der Waals surface area contributed by atoms with Gasteiger partial charge in [0.05, 0.1) is 0 Å². The van der Waals surface area contributed by atoms with E-state index in [1.54, 1.807) is 0 Å². The molecule has 0 aromatic carbocycles. The van der Waals surface area contributed by atoms with Crippen molar-refractivity contribution in [2.24, 2.45) is 0 Å². The van der Waals surface area contributed by atoms with Crippen molar-refractivity contribution in [1.29, 1.82) is 0 Å². The number of hydrogen-bond acceptors (Lipinski definition) is 4. The van der Waals surface area contributed by atoms with E-state index in [-0.39, 0.29) is 164 Å². The van der Waals surface area contributed by atoms with Crippen LogP contribution < -0.4 is 0 Å². The van der Waals surface area contributed by atoms with Crippen molar-refractivity contribution in [3.63, 3.8) is 0 Å². The maximum Gasteiger partial charge on any atom is 0.316 e.